The van der Waals surface area contributed by atoms with E-state index >= 15 is 0 Å². The normalized spacial score (nSPS) is 10.5. The Morgan fingerprint density at radius 3 is 2.75 bits per heavy atom. The molecule has 0 radical (unpaired) electrons. The van der Waals surface area contributed by atoms with Gasteiger partial charge in [-0.2, -0.15) is 4.37 Å². The van der Waals surface area contributed by atoms with Gasteiger partial charge in [-0.25, -0.2) is 0 Å². The molecule has 0 aliphatic rings. The lowest BCUT2D eigenvalue weighted by Gasteiger charge is -2.07. The van der Waals surface area contributed by atoms with E-state index in [9.17, 15) is 9.59 Å². The molecular weight excluding hydrogens is 328 g/mol. The Bertz CT molecular complexity index is 743. The van der Waals surface area contributed by atoms with E-state index in [4.69, 9.17) is 10.5 Å². The van der Waals surface area contributed by atoms with E-state index in [1.165, 1.54) is 0 Å². The number of hydrogen-bond acceptors (Lipinski definition) is 6. The zero-order chi connectivity index (χ0) is 17.7. The number of nitrogens with zero attached hydrogens (tertiary/aromatic N) is 1. The molecule has 2 rings (SSSR count). The molecule has 2 amide bonds. The molecule has 8 heteroatoms. The molecule has 0 bridgehead atoms. The molecule has 0 atom stereocenters. The fraction of sp³-hybridized carbons (Fsp3) is 0.312. The molecule has 2 aromatic rings. The number of amides is 2. The number of nitrogens with two attached hydrogens (primary N) is 1. The topological polar surface area (TPSA) is 106 Å². The van der Waals surface area contributed by atoms with Gasteiger partial charge in [-0.3, -0.25) is 9.59 Å². The summed E-state index contributed by atoms with van der Waals surface area (Å²) in [7, 11) is 1.58. The lowest BCUT2D eigenvalue weighted by Crippen LogP contribution is -2.31. The number of aromatic nitrogens is 1. The first kappa shape index (κ1) is 17.7. The molecule has 0 spiro atoms. The second-order valence-electron chi connectivity index (χ2n) is 5.44. The molecule has 0 saturated heterocycles. The Morgan fingerprint density at radius 1 is 1.33 bits per heavy atom. The number of nitrogen functional groups attached to an aromatic ring is 1. The van der Waals surface area contributed by atoms with E-state index < -0.39 is 0 Å². The van der Waals surface area contributed by atoms with Crippen molar-refractivity contribution in [3.63, 3.8) is 0 Å². The summed E-state index contributed by atoms with van der Waals surface area (Å²) in [4.78, 5) is 24.5. The van der Waals surface area contributed by atoms with Crippen LogP contribution in [0.5, 0.6) is 5.75 Å². The third-order valence-corrected chi connectivity index (χ3v) is 4.02. The number of methoxy groups -OCH3 is 1. The Balaban J connectivity index is 2.05. The van der Waals surface area contributed by atoms with Crippen LogP contribution in [0, 0.1) is 0 Å². The average molecular weight is 348 g/mol. The molecular formula is C16H20N4O3S. The van der Waals surface area contributed by atoms with Crippen LogP contribution in [0.4, 0.5) is 5.69 Å². The maximum atomic E-state index is 12.3. The highest BCUT2D eigenvalue weighted by molar-refractivity contribution is 7.09. The standard InChI is InChI=1S/C16H20N4O3S/c1-9(2)19-15(21)13-12(17)14(24-20-13)16(22)18-8-10-5-4-6-11(7-10)23-3/h4-7,9H,8,17H2,1-3H3,(H,18,22)(H,19,21). The fourth-order valence-electron chi connectivity index (χ4n) is 2.00. The van der Waals surface area contributed by atoms with Gasteiger partial charge in [-0.05, 0) is 43.1 Å². The third kappa shape index (κ3) is 4.23. The average Bonchev–Trinajstić information content (AvgIpc) is 2.94. The summed E-state index contributed by atoms with van der Waals surface area (Å²) in [5.41, 5.74) is 6.98. The molecule has 0 fully saturated rings. The molecule has 1 aromatic heterocycles. The molecule has 1 heterocycles. The number of hydrogen-bond donors (Lipinski definition) is 3. The molecule has 0 aliphatic carbocycles. The van der Waals surface area contributed by atoms with Gasteiger partial charge >= 0.3 is 0 Å². The van der Waals surface area contributed by atoms with Gasteiger partial charge in [0, 0.05) is 12.6 Å². The summed E-state index contributed by atoms with van der Waals surface area (Å²) in [6.07, 6.45) is 0. The van der Waals surface area contributed by atoms with E-state index in [-0.39, 0.29) is 34.1 Å². The van der Waals surface area contributed by atoms with Crippen molar-refractivity contribution in [2.45, 2.75) is 26.4 Å². The van der Waals surface area contributed by atoms with Crippen molar-refractivity contribution in [2.75, 3.05) is 12.8 Å². The molecule has 0 saturated carbocycles. The third-order valence-electron chi connectivity index (χ3n) is 3.16. The number of benzene rings is 1. The van der Waals surface area contributed by atoms with E-state index in [1.54, 1.807) is 7.11 Å². The van der Waals surface area contributed by atoms with Crippen LogP contribution in [0.15, 0.2) is 24.3 Å². The van der Waals surface area contributed by atoms with Gasteiger partial charge in [0.1, 0.15) is 10.6 Å². The minimum absolute atomic E-state index is 0.0380. The summed E-state index contributed by atoms with van der Waals surface area (Å²) >= 11 is 0.910. The maximum absolute atomic E-state index is 12.3. The van der Waals surface area contributed by atoms with Crippen molar-refractivity contribution in [3.05, 3.63) is 40.4 Å². The smallest absolute Gasteiger partial charge is 0.273 e. The maximum Gasteiger partial charge on any atom is 0.273 e. The van der Waals surface area contributed by atoms with Crippen LogP contribution < -0.4 is 21.1 Å². The molecule has 128 valence electrons. The van der Waals surface area contributed by atoms with Crippen molar-refractivity contribution < 1.29 is 14.3 Å². The highest BCUT2D eigenvalue weighted by atomic mass is 32.1. The SMILES string of the molecule is COc1cccc(CNC(=O)c2snc(C(=O)NC(C)C)c2N)c1. The minimum Gasteiger partial charge on any atom is -0.497 e. The van der Waals surface area contributed by atoms with Crippen LogP contribution in [0.2, 0.25) is 0 Å². The predicted molar refractivity (Wildman–Crippen MR) is 93.3 cm³/mol. The summed E-state index contributed by atoms with van der Waals surface area (Å²) in [5.74, 6) is -0.0336. The Kier molecular flexibility index (Phi) is 5.75. The van der Waals surface area contributed by atoms with E-state index in [1.807, 2.05) is 38.1 Å². The van der Waals surface area contributed by atoms with Crippen LogP contribution in [0.3, 0.4) is 0 Å². The van der Waals surface area contributed by atoms with Gasteiger partial charge in [-0.15, -0.1) is 0 Å². The lowest BCUT2D eigenvalue weighted by molar-refractivity contribution is 0.0939. The van der Waals surface area contributed by atoms with Crippen molar-refractivity contribution >= 4 is 29.0 Å². The second-order valence-corrected chi connectivity index (χ2v) is 6.21. The van der Waals surface area contributed by atoms with Crippen molar-refractivity contribution in [1.82, 2.24) is 15.0 Å². The van der Waals surface area contributed by atoms with E-state index in [0.29, 0.717) is 12.3 Å². The zero-order valence-corrected chi connectivity index (χ0v) is 14.6. The molecule has 24 heavy (non-hydrogen) atoms. The van der Waals surface area contributed by atoms with Crippen molar-refractivity contribution in [2.24, 2.45) is 0 Å². The van der Waals surface area contributed by atoms with E-state index in [2.05, 4.69) is 15.0 Å². The van der Waals surface area contributed by atoms with Crippen LogP contribution in [0.25, 0.3) is 0 Å². The van der Waals surface area contributed by atoms with Crippen LogP contribution in [-0.2, 0) is 6.54 Å². The summed E-state index contributed by atoms with van der Waals surface area (Å²) in [5, 5.41) is 5.47. The Morgan fingerprint density at radius 2 is 2.08 bits per heavy atom. The van der Waals surface area contributed by atoms with Crippen LogP contribution >= 0.6 is 11.5 Å². The first-order valence-electron chi connectivity index (χ1n) is 7.39. The Hall–Kier alpha value is -2.61. The van der Waals surface area contributed by atoms with Gasteiger partial charge < -0.3 is 21.1 Å². The Labute approximate surface area is 144 Å². The van der Waals surface area contributed by atoms with Gasteiger partial charge in [0.2, 0.25) is 0 Å². The highest BCUT2D eigenvalue weighted by Crippen LogP contribution is 2.22. The van der Waals surface area contributed by atoms with E-state index in [0.717, 1.165) is 17.1 Å². The number of nitrogens with one attached hydrogen (secondary N) is 2. The largest absolute Gasteiger partial charge is 0.497 e. The molecule has 0 unspecified atom stereocenters. The number of anilines is 1. The lowest BCUT2D eigenvalue weighted by atomic mass is 10.2. The van der Waals surface area contributed by atoms with Crippen LogP contribution in [-0.4, -0.2) is 29.3 Å². The molecule has 1 aromatic carbocycles. The molecule has 7 nitrogen and oxygen atoms in total. The zero-order valence-electron chi connectivity index (χ0n) is 13.8. The van der Waals surface area contributed by atoms with Gasteiger partial charge in [0.25, 0.3) is 11.8 Å². The number of carbonyl (C=O) groups is 2. The molecule has 0 aliphatic heterocycles. The van der Waals surface area contributed by atoms with Crippen molar-refractivity contribution in [3.8, 4) is 5.75 Å². The molecule has 4 N–H and O–H groups in total. The second kappa shape index (κ2) is 7.78. The van der Waals surface area contributed by atoms with Gasteiger partial charge in [0.05, 0.1) is 12.8 Å². The highest BCUT2D eigenvalue weighted by Gasteiger charge is 2.22. The summed E-state index contributed by atoms with van der Waals surface area (Å²) in [6.45, 7) is 3.99. The van der Waals surface area contributed by atoms with Crippen molar-refractivity contribution in [1.29, 1.82) is 0 Å². The number of carbonyl (C=O) groups excluding carboxylic acids is 2. The number of ether oxygens (including phenoxy) is 1. The van der Waals surface area contributed by atoms with Gasteiger partial charge in [-0.1, -0.05) is 12.1 Å². The summed E-state index contributed by atoms with van der Waals surface area (Å²) in [6, 6.07) is 7.34. The number of rotatable bonds is 6. The van der Waals surface area contributed by atoms with Crippen LogP contribution in [0.1, 0.15) is 39.6 Å². The van der Waals surface area contributed by atoms with Gasteiger partial charge in [0.15, 0.2) is 5.69 Å². The summed E-state index contributed by atoms with van der Waals surface area (Å²) < 4.78 is 9.14. The quantitative estimate of drug-likeness (QED) is 0.738. The monoisotopic (exact) mass is 348 g/mol. The first-order chi connectivity index (χ1) is 11.4. The minimum atomic E-state index is -0.384. The fourth-order valence-corrected chi connectivity index (χ4v) is 2.71. The predicted octanol–water partition coefficient (Wildman–Crippen LogP) is 1.80. The first-order valence-corrected chi connectivity index (χ1v) is 8.16.